The molecule has 126 valence electrons. The van der Waals surface area contributed by atoms with E-state index in [2.05, 4.69) is 31.2 Å². The zero-order valence-corrected chi connectivity index (χ0v) is 15.0. The monoisotopic (exact) mass is 390 g/mol. The van der Waals surface area contributed by atoms with Gasteiger partial charge in [0.1, 0.15) is 6.10 Å². The molecule has 1 atom stereocenters. The Morgan fingerprint density at radius 2 is 2.08 bits per heavy atom. The standard InChI is InChI=1S/C17H19BrN4O2/c1-12-5-2-3-7-15(12)21-17(23)22-8-4-6-14(11-22)24-16-19-9-13(18)10-20-16/h2-3,5,7,9-10,14H,4,6,8,11H2,1H3,(H,21,23)/t14-/m0/s1. The van der Waals surface area contributed by atoms with Crippen LogP contribution in [0.15, 0.2) is 41.1 Å². The van der Waals surface area contributed by atoms with Crippen LogP contribution in [0.1, 0.15) is 18.4 Å². The number of anilines is 1. The summed E-state index contributed by atoms with van der Waals surface area (Å²) in [7, 11) is 0. The van der Waals surface area contributed by atoms with Crippen LogP contribution < -0.4 is 10.1 Å². The van der Waals surface area contributed by atoms with Crippen molar-refractivity contribution in [2.24, 2.45) is 0 Å². The number of benzene rings is 1. The number of aromatic nitrogens is 2. The molecule has 1 aliphatic heterocycles. The molecule has 1 saturated heterocycles. The van der Waals surface area contributed by atoms with Crippen molar-refractivity contribution in [3.05, 3.63) is 46.7 Å². The SMILES string of the molecule is Cc1ccccc1NC(=O)N1CCC[C@H](Oc2ncc(Br)cn2)C1. The van der Waals surface area contributed by atoms with E-state index in [4.69, 9.17) is 4.74 Å². The van der Waals surface area contributed by atoms with Crippen LogP contribution in [-0.4, -0.2) is 40.1 Å². The van der Waals surface area contributed by atoms with E-state index in [-0.39, 0.29) is 12.1 Å². The van der Waals surface area contributed by atoms with Crippen LogP contribution in [0.2, 0.25) is 0 Å². The van der Waals surface area contributed by atoms with E-state index >= 15 is 0 Å². The summed E-state index contributed by atoms with van der Waals surface area (Å²) in [5.74, 6) is 0. The van der Waals surface area contributed by atoms with Gasteiger partial charge in [-0.3, -0.25) is 0 Å². The molecule has 1 aromatic carbocycles. The van der Waals surface area contributed by atoms with Crippen molar-refractivity contribution in [3.63, 3.8) is 0 Å². The van der Waals surface area contributed by atoms with Gasteiger partial charge in [-0.2, -0.15) is 0 Å². The molecule has 0 aliphatic carbocycles. The Morgan fingerprint density at radius 3 is 2.83 bits per heavy atom. The van der Waals surface area contributed by atoms with Crippen LogP contribution in [0.25, 0.3) is 0 Å². The van der Waals surface area contributed by atoms with Crippen molar-refractivity contribution < 1.29 is 9.53 Å². The van der Waals surface area contributed by atoms with Crippen LogP contribution in [0.5, 0.6) is 6.01 Å². The van der Waals surface area contributed by atoms with Gasteiger partial charge in [0.2, 0.25) is 0 Å². The molecule has 7 heteroatoms. The first-order chi connectivity index (χ1) is 11.6. The predicted octanol–water partition coefficient (Wildman–Crippen LogP) is 3.62. The Hall–Kier alpha value is -2.15. The lowest BCUT2D eigenvalue weighted by Gasteiger charge is -2.32. The summed E-state index contributed by atoms with van der Waals surface area (Å²) in [6.45, 7) is 3.22. The number of nitrogens with zero attached hydrogens (tertiary/aromatic N) is 3. The van der Waals surface area contributed by atoms with Crippen LogP contribution in [-0.2, 0) is 0 Å². The third kappa shape index (κ3) is 4.23. The van der Waals surface area contributed by atoms with E-state index in [1.54, 1.807) is 17.3 Å². The van der Waals surface area contributed by atoms with E-state index in [0.717, 1.165) is 35.1 Å². The third-order valence-electron chi connectivity index (χ3n) is 3.92. The third-order valence-corrected chi connectivity index (χ3v) is 4.33. The minimum Gasteiger partial charge on any atom is -0.458 e. The molecule has 3 rings (SSSR count). The summed E-state index contributed by atoms with van der Waals surface area (Å²) in [4.78, 5) is 22.5. The molecule has 1 aliphatic rings. The van der Waals surface area contributed by atoms with E-state index in [0.29, 0.717) is 12.6 Å². The fraction of sp³-hybridized carbons (Fsp3) is 0.353. The Kier molecular flexibility index (Phi) is 5.30. The maximum atomic E-state index is 12.5. The molecule has 0 bridgehead atoms. The molecule has 6 nitrogen and oxygen atoms in total. The lowest BCUT2D eigenvalue weighted by atomic mass is 10.1. The zero-order valence-electron chi connectivity index (χ0n) is 13.4. The number of likely N-dealkylation sites (tertiary alicyclic amines) is 1. The second-order valence-electron chi connectivity index (χ2n) is 5.76. The summed E-state index contributed by atoms with van der Waals surface area (Å²) in [6.07, 6.45) is 4.97. The average Bonchev–Trinajstić information content (AvgIpc) is 2.59. The number of para-hydroxylation sites is 1. The van der Waals surface area contributed by atoms with Crippen molar-refractivity contribution >= 4 is 27.6 Å². The van der Waals surface area contributed by atoms with E-state index in [1.165, 1.54) is 0 Å². The van der Waals surface area contributed by atoms with E-state index in [1.807, 2.05) is 31.2 Å². The molecule has 0 radical (unpaired) electrons. The van der Waals surface area contributed by atoms with Crippen LogP contribution in [0.3, 0.4) is 0 Å². The van der Waals surface area contributed by atoms with Gasteiger partial charge in [0, 0.05) is 24.6 Å². The van der Waals surface area contributed by atoms with Gasteiger partial charge in [-0.1, -0.05) is 18.2 Å². The Balaban J connectivity index is 1.59. The Morgan fingerprint density at radius 1 is 1.33 bits per heavy atom. The van der Waals surface area contributed by atoms with Crippen molar-refractivity contribution in [1.29, 1.82) is 0 Å². The molecule has 1 aromatic heterocycles. The number of hydrogen-bond donors (Lipinski definition) is 1. The van der Waals surface area contributed by atoms with E-state index < -0.39 is 0 Å². The number of aryl methyl sites for hydroxylation is 1. The molecule has 1 N–H and O–H groups in total. The molecule has 2 aromatic rings. The normalized spacial score (nSPS) is 17.4. The lowest BCUT2D eigenvalue weighted by Crippen LogP contribution is -2.46. The molecule has 24 heavy (non-hydrogen) atoms. The Labute approximate surface area is 149 Å². The molecular weight excluding hydrogens is 372 g/mol. The molecule has 2 heterocycles. The topological polar surface area (TPSA) is 67.4 Å². The molecule has 2 amide bonds. The van der Waals surface area contributed by atoms with Gasteiger partial charge in [-0.25, -0.2) is 14.8 Å². The van der Waals surface area contributed by atoms with Crippen molar-refractivity contribution in [1.82, 2.24) is 14.9 Å². The summed E-state index contributed by atoms with van der Waals surface area (Å²) in [5, 5.41) is 2.97. The second kappa shape index (κ2) is 7.61. The number of amides is 2. The first-order valence-electron chi connectivity index (χ1n) is 7.87. The highest BCUT2D eigenvalue weighted by Gasteiger charge is 2.25. The van der Waals surface area contributed by atoms with Crippen molar-refractivity contribution in [2.45, 2.75) is 25.9 Å². The van der Waals surface area contributed by atoms with Crippen LogP contribution in [0.4, 0.5) is 10.5 Å². The summed E-state index contributed by atoms with van der Waals surface area (Å²) >= 11 is 3.29. The maximum absolute atomic E-state index is 12.5. The first-order valence-corrected chi connectivity index (χ1v) is 8.67. The molecule has 0 saturated carbocycles. The highest BCUT2D eigenvalue weighted by molar-refractivity contribution is 9.10. The second-order valence-corrected chi connectivity index (χ2v) is 6.67. The quantitative estimate of drug-likeness (QED) is 0.868. The molecule has 0 spiro atoms. The van der Waals surface area contributed by atoms with Crippen LogP contribution >= 0.6 is 15.9 Å². The number of halogens is 1. The minimum atomic E-state index is -0.102. The number of nitrogens with one attached hydrogen (secondary N) is 1. The zero-order chi connectivity index (χ0) is 16.9. The van der Waals surface area contributed by atoms with Gasteiger partial charge in [0.15, 0.2) is 0 Å². The largest absolute Gasteiger partial charge is 0.458 e. The number of carbonyl (C=O) groups excluding carboxylic acids is 1. The van der Waals surface area contributed by atoms with Gasteiger partial charge >= 0.3 is 12.0 Å². The molecular formula is C17H19BrN4O2. The van der Waals surface area contributed by atoms with Gasteiger partial charge in [-0.15, -0.1) is 0 Å². The van der Waals surface area contributed by atoms with Crippen molar-refractivity contribution in [2.75, 3.05) is 18.4 Å². The highest BCUT2D eigenvalue weighted by Crippen LogP contribution is 2.19. The van der Waals surface area contributed by atoms with Gasteiger partial charge in [-0.05, 0) is 47.3 Å². The first kappa shape index (κ1) is 16.7. The van der Waals surface area contributed by atoms with Crippen molar-refractivity contribution in [3.8, 4) is 6.01 Å². The van der Waals surface area contributed by atoms with Crippen LogP contribution in [0, 0.1) is 6.92 Å². The number of urea groups is 1. The molecule has 1 fully saturated rings. The fourth-order valence-electron chi connectivity index (χ4n) is 2.64. The summed E-state index contributed by atoms with van der Waals surface area (Å²) < 4.78 is 6.60. The van der Waals surface area contributed by atoms with E-state index in [9.17, 15) is 4.79 Å². The number of ether oxygens (including phenoxy) is 1. The van der Waals surface area contributed by atoms with Gasteiger partial charge < -0.3 is 15.0 Å². The van der Waals surface area contributed by atoms with Gasteiger partial charge in [0.25, 0.3) is 0 Å². The fourth-order valence-corrected chi connectivity index (χ4v) is 2.84. The summed E-state index contributed by atoms with van der Waals surface area (Å²) in [6, 6.07) is 7.98. The average molecular weight is 391 g/mol. The predicted molar refractivity (Wildman–Crippen MR) is 95.2 cm³/mol. The smallest absolute Gasteiger partial charge is 0.321 e. The van der Waals surface area contributed by atoms with Gasteiger partial charge in [0.05, 0.1) is 11.0 Å². The Bertz CT molecular complexity index is 708. The number of carbonyl (C=O) groups is 1. The molecule has 0 unspecified atom stereocenters. The summed E-state index contributed by atoms with van der Waals surface area (Å²) in [5.41, 5.74) is 1.88. The minimum absolute atomic E-state index is 0.0949. The number of piperidine rings is 1. The maximum Gasteiger partial charge on any atom is 0.321 e. The number of hydrogen-bond acceptors (Lipinski definition) is 4. The highest BCUT2D eigenvalue weighted by atomic mass is 79.9. The lowest BCUT2D eigenvalue weighted by molar-refractivity contribution is 0.0982. The number of rotatable bonds is 3.